The van der Waals surface area contributed by atoms with Gasteiger partial charge in [-0.05, 0) is 24.4 Å². The summed E-state index contributed by atoms with van der Waals surface area (Å²) in [6.07, 6.45) is 0. The molecule has 0 aromatic heterocycles. The van der Waals surface area contributed by atoms with Crippen molar-refractivity contribution in [2.24, 2.45) is 0 Å². The standard InChI is InChI=1S/C9H11N3O2S/c13-6-8(14)11-12-9(15)10-7-4-2-1-3-5-7/h1-5,13H,6H2,(H,11,14)(H2,10,12,15). The zero-order chi connectivity index (χ0) is 11.1. The van der Waals surface area contributed by atoms with Crippen molar-refractivity contribution in [1.29, 1.82) is 0 Å². The van der Waals surface area contributed by atoms with Crippen LogP contribution in [0.15, 0.2) is 30.3 Å². The fourth-order valence-corrected chi connectivity index (χ4v) is 1.02. The molecule has 0 aliphatic heterocycles. The smallest absolute Gasteiger partial charge is 0.264 e. The van der Waals surface area contributed by atoms with E-state index in [1.54, 1.807) is 0 Å². The van der Waals surface area contributed by atoms with Crippen LogP contribution in [0.25, 0.3) is 0 Å². The predicted octanol–water partition coefficient (Wildman–Crippen LogP) is -0.00350. The first-order valence-electron chi connectivity index (χ1n) is 4.24. The molecule has 0 aliphatic rings. The topological polar surface area (TPSA) is 73.4 Å². The second-order valence-electron chi connectivity index (χ2n) is 2.65. The molecule has 1 amide bonds. The number of hydrogen-bond acceptors (Lipinski definition) is 3. The van der Waals surface area contributed by atoms with Crippen LogP contribution < -0.4 is 16.2 Å². The maximum atomic E-state index is 10.7. The second-order valence-corrected chi connectivity index (χ2v) is 3.06. The summed E-state index contributed by atoms with van der Waals surface area (Å²) < 4.78 is 0. The first kappa shape index (κ1) is 11.4. The highest BCUT2D eigenvalue weighted by atomic mass is 32.1. The van der Waals surface area contributed by atoms with Crippen molar-refractivity contribution in [3.8, 4) is 0 Å². The molecule has 80 valence electrons. The van der Waals surface area contributed by atoms with Crippen molar-refractivity contribution in [2.45, 2.75) is 0 Å². The fraction of sp³-hybridized carbons (Fsp3) is 0.111. The van der Waals surface area contributed by atoms with E-state index in [2.05, 4.69) is 16.2 Å². The predicted molar refractivity (Wildman–Crippen MR) is 61.0 cm³/mol. The molecule has 1 aromatic carbocycles. The molecule has 0 saturated heterocycles. The summed E-state index contributed by atoms with van der Waals surface area (Å²) >= 11 is 4.88. The number of aliphatic hydroxyl groups excluding tert-OH is 1. The first-order chi connectivity index (χ1) is 7.22. The Morgan fingerprint density at radius 2 is 1.93 bits per heavy atom. The summed E-state index contributed by atoms with van der Waals surface area (Å²) in [6, 6.07) is 9.27. The Labute approximate surface area is 92.5 Å². The lowest BCUT2D eigenvalue weighted by atomic mass is 10.3. The van der Waals surface area contributed by atoms with E-state index >= 15 is 0 Å². The third-order valence-corrected chi connectivity index (χ3v) is 1.69. The second kappa shape index (κ2) is 5.94. The molecular weight excluding hydrogens is 214 g/mol. The van der Waals surface area contributed by atoms with E-state index in [-0.39, 0.29) is 5.11 Å². The van der Waals surface area contributed by atoms with E-state index in [9.17, 15) is 4.79 Å². The van der Waals surface area contributed by atoms with E-state index in [0.29, 0.717) is 0 Å². The van der Waals surface area contributed by atoms with Crippen LogP contribution in [0.3, 0.4) is 0 Å². The third-order valence-electron chi connectivity index (χ3n) is 1.49. The van der Waals surface area contributed by atoms with E-state index < -0.39 is 12.5 Å². The van der Waals surface area contributed by atoms with Gasteiger partial charge >= 0.3 is 0 Å². The number of anilines is 1. The zero-order valence-corrected chi connectivity index (χ0v) is 8.67. The van der Waals surface area contributed by atoms with E-state index in [1.165, 1.54) is 0 Å². The number of carbonyl (C=O) groups excluding carboxylic acids is 1. The number of rotatable bonds is 2. The van der Waals surface area contributed by atoms with Crippen LogP contribution in [0, 0.1) is 0 Å². The van der Waals surface area contributed by atoms with Gasteiger partial charge < -0.3 is 10.4 Å². The average molecular weight is 225 g/mol. The van der Waals surface area contributed by atoms with Crippen LogP contribution in [0.1, 0.15) is 0 Å². The number of para-hydroxylation sites is 1. The van der Waals surface area contributed by atoms with Crippen molar-refractivity contribution < 1.29 is 9.90 Å². The number of hydrogen-bond donors (Lipinski definition) is 4. The lowest BCUT2D eigenvalue weighted by molar-refractivity contribution is -0.124. The molecule has 0 unspecified atom stereocenters. The van der Waals surface area contributed by atoms with Gasteiger partial charge in [-0.2, -0.15) is 0 Å². The minimum absolute atomic E-state index is 0.253. The summed E-state index contributed by atoms with van der Waals surface area (Å²) in [5, 5.41) is 11.5. The highest BCUT2D eigenvalue weighted by molar-refractivity contribution is 7.80. The highest BCUT2D eigenvalue weighted by Gasteiger charge is 1.99. The van der Waals surface area contributed by atoms with Crippen LogP contribution in [-0.4, -0.2) is 22.7 Å². The Balaban J connectivity index is 2.34. The molecule has 0 radical (unpaired) electrons. The van der Waals surface area contributed by atoms with Gasteiger partial charge in [0.25, 0.3) is 5.91 Å². The molecule has 15 heavy (non-hydrogen) atoms. The molecule has 1 aromatic rings. The first-order valence-corrected chi connectivity index (χ1v) is 4.65. The molecule has 0 aliphatic carbocycles. The number of benzene rings is 1. The lowest BCUT2D eigenvalue weighted by Gasteiger charge is -2.10. The normalized spacial score (nSPS) is 9.13. The van der Waals surface area contributed by atoms with Crippen LogP contribution >= 0.6 is 12.2 Å². The van der Waals surface area contributed by atoms with Gasteiger partial charge in [0.15, 0.2) is 5.11 Å². The van der Waals surface area contributed by atoms with Crippen LogP contribution in [0.4, 0.5) is 5.69 Å². The number of carbonyl (C=O) groups is 1. The molecule has 5 nitrogen and oxygen atoms in total. The number of thiocarbonyl (C=S) groups is 1. The molecule has 0 spiro atoms. The fourth-order valence-electron chi connectivity index (χ4n) is 0.850. The van der Waals surface area contributed by atoms with Crippen LogP contribution in [0.5, 0.6) is 0 Å². The Morgan fingerprint density at radius 3 is 2.53 bits per heavy atom. The van der Waals surface area contributed by atoms with E-state index in [1.807, 2.05) is 30.3 Å². The number of amides is 1. The maximum absolute atomic E-state index is 10.7. The monoisotopic (exact) mass is 225 g/mol. The van der Waals surface area contributed by atoms with Crippen LogP contribution in [0.2, 0.25) is 0 Å². The van der Waals surface area contributed by atoms with Crippen molar-refractivity contribution in [3.05, 3.63) is 30.3 Å². The van der Waals surface area contributed by atoms with Crippen molar-refractivity contribution in [3.63, 3.8) is 0 Å². The molecule has 0 heterocycles. The SMILES string of the molecule is O=C(CO)NNC(=S)Nc1ccccc1. The summed E-state index contributed by atoms with van der Waals surface area (Å²) in [4.78, 5) is 10.7. The van der Waals surface area contributed by atoms with E-state index in [4.69, 9.17) is 17.3 Å². The van der Waals surface area contributed by atoms with Crippen LogP contribution in [-0.2, 0) is 4.79 Å². The minimum atomic E-state index is -0.582. The quantitative estimate of drug-likeness (QED) is 0.421. The molecule has 0 fully saturated rings. The van der Waals surface area contributed by atoms with E-state index in [0.717, 1.165) is 5.69 Å². The van der Waals surface area contributed by atoms with Gasteiger partial charge in [0.05, 0.1) is 0 Å². The number of hydrazine groups is 1. The van der Waals surface area contributed by atoms with Gasteiger partial charge in [-0.3, -0.25) is 15.6 Å². The summed E-state index contributed by atoms with van der Waals surface area (Å²) in [6.45, 7) is -0.582. The van der Waals surface area contributed by atoms with Gasteiger partial charge in [-0.15, -0.1) is 0 Å². The Morgan fingerprint density at radius 1 is 1.27 bits per heavy atom. The summed E-state index contributed by atoms with van der Waals surface area (Å²) in [5.74, 6) is -0.549. The van der Waals surface area contributed by atoms with Gasteiger partial charge in [0.2, 0.25) is 0 Å². The molecule has 0 saturated carbocycles. The van der Waals surface area contributed by atoms with Crippen molar-refractivity contribution in [2.75, 3.05) is 11.9 Å². The summed E-state index contributed by atoms with van der Waals surface area (Å²) in [7, 11) is 0. The lowest BCUT2D eigenvalue weighted by Crippen LogP contribution is -2.44. The molecule has 1 rings (SSSR count). The van der Waals surface area contributed by atoms with Crippen molar-refractivity contribution in [1.82, 2.24) is 10.9 Å². The van der Waals surface area contributed by atoms with Gasteiger partial charge in [-0.1, -0.05) is 18.2 Å². The molecule has 0 atom stereocenters. The Bertz CT molecular complexity index is 342. The minimum Gasteiger partial charge on any atom is -0.386 e. The Kier molecular flexibility index (Phi) is 4.52. The molecule has 0 bridgehead atoms. The number of nitrogens with one attached hydrogen (secondary N) is 3. The maximum Gasteiger partial charge on any atom is 0.264 e. The molecule has 6 heteroatoms. The molecule has 4 N–H and O–H groups in total. The van der Waals surface area contributed by atoms with Crippen molar-refractivity contribution >= 4 is 28.9 Å². The average Bonchev–Trinajstić information content (AvgIpc) is 2.27. The zero-order valence-electron chi connectivity index (χ0n) is 7.86. The number of aliphatic hydroxyl groups is 1. The summed E-state index contributed by atoms with van der Waals surface area (Å²) in [5.41, 5.74) is 5.47. The van der Waals surface area contributed by atoms with Gasteiger partial charge in [0, 0.05) is 5.69 Å². The molecular formula is C9H11N3O2S. The highest BCUT2D eigenvalue weighted by Crippen LogP contribution is 2.03. The van der Waals surface area contributed by atoms with Gasteiger partial charge in [0.1, 0.15) is 6.61 Å². The van der Waals surface area contributed by atoms with Gasteiger partial charge in [-0.25, -0.2) is 0 Å². The Hall–Kier alpha value is -1.66. The largest absolute Gasteiger partial charge is 0.386 e. The third kappa shape index (κ3) is 4.39.